The molecular formula is C27H23BrO4. The number of hydrogen-bond donors (Lipinski definition) is 0. The highest BCUT2D eigenvalue weighted by Gasteiger charge is 2.30. The number of carbonyl (C=O) groups is 2. The van der Waals surface area contributed by atoms with Gasteiger partial charge in [-0.25, -0.2) is 4.79 Å². The summed E-state index contributed by atoms with van der Waals surface area (Å²) in [6.45, 7) is 8.27. The maximum absolute atomic E-state index is 12.9. The summed E-state index contributed by atoms with van der Waals surface area (Å²) in [5.74, 6) is 0.297. The van der Waals surface area contributed by atoms with Crippen LogP contribution in [0.5, 0.6) is 11.5 Å². The van der Waals surface area contributed by atoms with Gasteiger partial charge in [0.2, 0.25) is 5.78 Å². The molecule has 1 heterocycles. The molecule has 3 aromatic rings. The lowest BCUT2D eigenvalue weighted by atomic mass is 9.86. The summed E-state index contributed by atoms with van der Waals surface area (Å²) in [5, 5.41) is 0. The third kappa shape index (κ3) is 4.39. The first-order valence-corrected chi connectivity index (χ1v) is 11.1. The number of ketones is 1. The van der Waals surface area contributed by atoms with Crippen LogP contribution in [0, 0.1) is 6.92 Å². The molecule has 0 atom stereocenters. The fourth-order valence-electron chi connectivity index (χ4n) is 3.56. The number of ether oxygens (including phenoxy) is 2. The maximum Gasteiger partial charge on any atom is 0.344 e. The standard InChI is InChI=1S/C27H23BrO4/c1-16-13-19(31-26(30)20-7-5-6-8-21(20)28)15-22-24(16)25(29)23(32-22)14-17-9-11-18(12-10-17)27(2,3)4/h5-15H,1-4H3/b23-14-. The third-order valence-electron chi connectivity index (χ3n) is 5.32. The molecule has 4 nitrogen and oxygen atoms in total. The Morgan fingerprint density at radius 2 is 1.72 bits per heavy atom. The molecule has 0 bridgehead atoms. The van der Waals surface area contributed by atoms with Crippen molar-refractivity contribution in [2.45, 2.75) is 33.1 Å². The molecule has 0 N–H and O–H groups in total. The van der Waals surface area contributed by atoms with Gasteiger partial charge >= 0.3 is 5.97 Å². The van der Waals surface area contributed by atoms with Gasteiger partial charge in [-0.3, -0.25) is 4.79 Å². The molecule has 5 heteroatoms. The monoisotopic (exact) mass is 490 g/mol. The van der Waals surface area contributed by atoms with Crippen LogP contribution in [0.2, 0.25) is 0 Å². The minimum absolute atomic E-state index is 0.0574. The Morgan fingerprint density at radius 1 is 1.03 bits per heavy atom. The molecule has 0 aromatic heterocycles. The maximum atomic E-state index is 12.9. The number of allylic oxidation sites excluding steroid dienone is 1. The van der Waals surface area contributed by atoms with Crippen LogP contribution in [0.25, 0.3) is 6.08 Å². The smallest absolute Gasteiger partial charge is 0.344 e. The summed E-state index contributed by atoms with van der Waals surface area (Å²) in [6.07, 6.45) is 1.74. The quantitative estimate of drug-likeness (QED) is 0.228. The Labute approximate surface area is 196 Å². The van der Waals surface area contributed by atoms with Gasteiger partial charge in [0.05, 0.1) is 11.1 Å². The van der Waals surface area contributed by atoms with Gasteiger partial charge in [-0.15, -0.1) is 0 Å². The number of halogens is 1. The number of aryl methyl sites for hydroxylation is 1. The van der Waals surface area contributed by atoms with E-state index >= 15 is 0 Å². The lowest BCUT2D eigenvalue weighted by Crippen LogP contribution is -2.10. The number of rotatable bonds is 3. The zero-order valence-electron chi connectivity index (χ0n) is 18.4. The molecule has 162 valence electrons. The minimum Gasteiger partial charge on any atom is -0.452 e. The van der Waals surface area contributed by atoms with Crippen LogP contribution in [-0.2, 0) is 5.41 Å². The van der Waals surface area contributed by atoms with E-state index in [1.165, 1.54) is 5.56 Å². The number of carbonyl (C=O) groups excluding carboxylic acids is 2. The molecule has 0 spiro atoms. The van der Waals surface area contributed by atoms with Crippen LogP contribution in [0.1, 0.15) is 58.2 Å². The number of hydrogen-bond acceptors (Lipinski definition) is 4. The summed E-state index contributed by atoms with van der Waals surface area (Å²) < 4.78 is 12.1. The molecule has 32 heavy (non-hydrogen) atoms. The largest absolute Gasteiger partial charge is 0.452 e. The van der Waals surface area contributed by atoms with Crippen LogP contribution < -0.4 is 9.47 Å². The predicted octanol–water partition coefficient (Wildman–Crippen LogP) is 6.89. The van der Waals surface area contributed by atoms with Crippen molar-refractivity contribution < 1.29 is 19.1 Å². The van der Waals surface area contributed by atoms with Crippen molar-refractivity contribution >= 4 is 33.8 Å². The molecular weight excluding hydrogens is 468 g/mol. The van der Waals surface area contributed by atoms with Gasteiger partial charge in [0.1, 0.15) is 11.5 Å². The van der Waals surface area contributed by atoms with Crippen molar-refractivity contribution in [1.82, 2.24) is 0 Å². The number of esters is 1. The topological polar surface area (TPSA) is 52.6 Å². The Hall–Kier alpha value is -3.18. The van der Waals surface area contributed by atoms with Crippen LogP contribution in [0.3, 0.4) is 0 Å². The average Bonchev–Trinajstić information content (AvgIpc) is 3.03. The van der Waals surface area contributed by atoms with E-state index < -0.39 is 5.97 Å². The highest BCUT2D eigenvalue weighted by atomic mass is 79.9. The van der Waals surface area contributed by atoms with Gasteiger partial charge in [0, 0.05) is 10.5 Å². The summed E-state index contributed by atoms with van der Waals surface area (Å²) in [6, 6.07) is 18.4. The molecule has 1 aliphatic rings. The number of fused-ring (bicyclic) bond motifs is 1. The van der Waals surface area contributed by atoms with Crippen LogP contribution in [0.15, 0.2) is 70.9 Å². The second-order valence-electron chi connectivity index (χ2n) is 8.79. The van der Waals surface area contributed by atoms with Crippen molar-refractivity contribution in [3.63, 3.8) is 0 Å². The Morgan fingerprint density at radius 3 is 2.38 bits per heavy atom. The lowest BCUT2D eigenvalue weighted by Gasteiger charge is -2.18. The van der Waals surface area contributed by atoms with Crippen molar-refractivity contribution in [2.24, 2.45) is 0 Å². The first-order valence-electron chi connectivity index (χ1n) is 10.3. The van der Waals surface area contributed by atoms with Crippen LogP contribution >= 0.6 is 15.9 Å². The molecule has 0 radical (unpaired) electrons. The summed E-state index contributed by atoms with van der Waals surface area (Å²) >= 11 is 3.36. The van der Waals surface area contributed by atoms with E-state index in [0.29, 0.717) is 32.7 Å². The van der Waals surface area contributed by atoms with E-state index in [2.05, 4.69) is 48.8 Å². The molecule has 1 aliphatic heterocycles. The van der Waals surface area contributed by atoms with Gasteiger partial charge < -0.3 is 9.47 Å². The molecule has 0 aliphatic carbocycles. The van der Waals surface area contributed by atoms with Crippen LogP contribution in [0.4, 0.5) is 0 Å². The van der Waals surface area contributed by atoms with Gasteiger partial charge in [-0.05, 0) is 69.2 Å². The number of benzene rings is 3. The molecule has 0 saturated heterocycles. The molecule has 0 saturated carbocycles. The van der Waals surface area contributed by atoms with Gasteiger partial charge in [-0.1, -0.05) is 57.2 Å². The van der Waals surface area contributed by atoms with Crippen molar-refractivity contribution in [3.05, 3.63) is 98.7 Å². The van der Waals surface area contributed by atoms with Gasteiger partial charge in [0.25, 0.3) is 0 Å². The number of Topliss-reactive ketones (excluding diaryl/α,β-unsaturated/α-hetero) is 1. The first kappa shape index (κ1) is 22.0. The molecule has 0 unspecified atom stereocenters. The summed E-state index contributed by atoms with van der Waals surface area (Å²) in [7, 11) is 0. The predicted molar refractivity (Wildman–Crippen MR) is 128 cm³/mol. The van der Waals surface area contributed by atoms with Gasteiger partial charge in [-0.2, -0.15) is 0 Å². The minimum atomic E-state index is -0.490. The van der Waals surface area contributed by atoms with Crippen molar-refractivity contribution in [1.29, 1.82) is 0 Å². The second kappa shape index (κ2) is 8.40. The summed E-state index contributed by atoms with van der Waals surface area (Å²) in [5.41, 5.74) is 3.75. The molecule has 4 rings (SSSR count). The zero-order chi connectivity index (χ0) is 23.0. The molecule has 0 amide bonds. The fourth-order valence-corrected chi connectivity index (χ4v) is 4.00. The third-order valence-corrected chi connectivity index (χ3v) is 6.01. The normalized spacial score (nSPS) is 14.3. The Bertz CT molecular complexity index is 1250. The fraction of sp³-hybridized carbons (Fsp3) is 0.185. The van der Waals surface area contributed by atoms with E-state index in [9.17, 15) is 9.59 Å². The molecule has 3 aromatic carbocycles. The van der Waals surface area contributed by atoms with Crippen LogP contribution in [-0.4, -0.2) is 11.8 Å². The van der Waals surface area contributed by atoms with Crippen molar-refractivity contribution in [2.75, 3.05) is 0 Å². The highest BCUT2D eigenvalue weighted by Crippen LogP contribution is 2.38. The Balaban J connectivity index is 1.58. The van der Waals surface area contributed by atoms with E-state index in [-0.39, 0.29) is 17.0 Å². The second-order valence-corrected chi connectivity index (χ2v) is 9.65. The SMILES string of the molecule is Cc1cc(OC(=O)c2ccccc2Br)cc2c1C(=O)/C(=C/c1ccc(C(C)(C)C)cc1)O2. The first-order chi connectivity index (χ1) is 15.1. The van der Waals surface area contributed by atoms with Crippen molar-refractivity contribution in [3.8, 4) is 11.5 Å². The highest BCUT2D eigenvalue weighted by molar-refractivity contribution is 9.10. The average molecular weight is 491 g/mol. The van der Waals surface area contributed by atoms with Gasteiger partial charge in [0.15, 0.2) is 5.76 Å². The zero-order valence-corrected chi connectivity index (χ0v) is 19.9. The molecule has 0 fully saturated rings. The van der Waals surface area contributed by atoms with E-state index in [0.717, 1.165) is 5.56 Å². The lowest BCUT2D eigenvalue weighted by molar-refractivity contribution is 0.0733. The van der Waals surface area contributed by atoms with E-state index in [1.807, 2.05) is 18.2 Å². The Kier molecular flexibility index (Phi) is 5.78. The summed E-state index contributed by atoms with van der Waals surface area (Å²) in [4.78, 5) is 25.5. The van der Waals surface area contributed by atoms with E-state index in [4.69, 9.17) is 9.47 Å². The van der Waals surface area contributed by atoms with E-state index in [1.54, 1.807) is 43.3 Å².